The molecule has 1 aromatic heterocycles. The summed E-state index contributed by atoms with van der Waals surface area (Å²) in [7, 11) is 1.57. The SMILES string of the molecule is Cc1ccc(-c2cc(C(=O)OCC(=O)N(C)CCC#N)c3ccccc3n2)cc1. The van der Waals surface area contributed by atoms with Crippen LogP contribution in [-0.4, -0.2) is 42.0 Å². The second kappa shape index (κ2) is 8.98. The van der Waals surface area contributed by atoms with Gasteiger partial charge in [0.15, 0.2) is 6.61 Å². The first-order valence-corrected chi connectivity index (χ1v) is 9.24. The molecule has 0 radical (unpaired) electrons. The van der Waals surface area contributed by atoms with E-state index in [-0.39, 0.29) is 18.9 Å². The number of ether oxygens (including phenoxy) is 1. The normalized spacial score (nSPS) is 10.4. The van der Waals surface area contributed by atoms with Crippen LogP contribution >= 0.6 is 0 Å². The second-order valence-corrected chi connectivity index (χ2v) is 6.74. The van der Waals surface area contributed by atoms with Crippen molar-refractivity contribution in [2.24, 2.45) is 0 Å². The molecule has 0 fully saturated rings. The van der Waals surface area contributed by atoms with E-state index in [0.29, 0.717) is 28.7 Å². The van der Waals surface area contributed by atoms with Gasteiger partial charge in [-0.15, -0.1) is 0 Å². The van der Waals surface area contributed by atoms with Crippen LogP contribution in [0.1, 0.15) is 22.3 Å². The molecule has 6 nitrogen and oxygen atoms in total. The highest BCUT2D eigenvalue weighted by molar-refractivity contribution is 6.05. The van der Waals surface area contributed by atoms with Gasteiger partial charge in [-0.2, -0.15) is 5.26 Å². The second-order valence-electron chi connectivity index (χ2n) is 6.74. The molecule has 1 heterocycles. The summed E-state index contributed by atoms with van der Waals surface area (Å²) in [6.45, 7) is 1.92. The van der Waals surface area contributed by atoms with Crippen molar-refractivity contribution in [3.05, 3.63) is 65.7 Å². The number of aryl methyl sites for hydroxylation is 1. The molecule has 1 amide bonds. The predicted molar refractivity (Wildman–Crippen MR) is 110 cm³/mol. The monoisotopic (exact) mass is 387 g/mol. The van der Waals surface area contributed by atoms with Crippen LogP contribution in [0.25, 0.3) is 22.2 Å². The topological polar surface area (TPSA) is 83.3 Å². The first kappa shape index (κ1) is 20.0. The number of likely N-dealkylation sites (N-methyl/N-ethyl adjacent to an activating group) is 1. The molecule has 0 saturated carbocycles. The molecule has 146 valence electrons. The van der Waals surface area contributed by atoms with Crippen LogP contribution in [0, 0.1) is 18.3 Å². The van der Waals surface area contributed by atoms with Crippen molar-refractivity contribution < 1.29 is 14.3 Å². The Morgan fingerprint density at radius 3 is 2.59 bits per heavy atom. The number of carbonyl (C=O) groups is 2. The number of esters is 1. The average molecular weight is 387 g/mol. The fraction of sp³-hybridized carbons (Fsp3) is 0.217. The third-order valence-electron chi connectivity index (χ3n) is 4.59. The van der Waals surface area contributed by atoms with Crippen molar-refractivity contribution in [2.75, 3.05) is 20.2 Å². The smallest absolute Gasteiger partial charge is 0.339 e. The molecule has 0 aliphatic heterocycles. The zero-order valence-electron chi connectivity index (χ0n) is 16.4. The Morgan fingerprint density at radius 2 is 1.86 bits per heavy atom. The molecule has 3 rings (SSSR count). The highest BCUT2D eigenvalue weighted by Gasteiger charge is 2.17. The van der Waals surface area contributed by atoms with Crippen molar-refractivity contribution in [1.29, 1.82) is 5.26 Å². The quantitative estimate of drug-likeness (QED) is 0.602. The van der Waals surface area contributed by atoms with Crippen molar-refractivity contribution in [3.63, 3.8) is 0 Å². The molecule has 0 atom stereocenters. The number of benzene rings is 2. The highest BCUT2D eigenvalue weighted by Crippen LogP contribution is 2.25. The standard InChI is InChI=1S/C23H21N3O3/c1-16-8-10-17(11-9-16)21-14-19(18-6-3-4-7-20(18)25-21)23(28)29-15-22(27)26(2)13-5-12-24/h3-4,6-11,14H,5,13,15H2,1-2H3. The molecule has 0 bridgehead atoms. The number of aromatic nitrogens is 1. The minimum absolute atomic E-state index is 0.227. The van der Waals surface area contributed by atoms with Gasteiger partial charge in [-0.3, -0.25) is 4.79 Å². The first-order chi connectivity index (χ1) is 14.0. The lowest BCUT2D eigenvalue weighted by molar-refractivity contribution is -0.133. The molecule has 29 heavy (non-hydrogen) atoms. The molecule has 2 aromatic carbocycles. The van der Waals surface area contributed by atoms with E-state index in [1.165, 1.54) is 4.90 Å². The molecule has 0 aliphatic carbocycles. The highest BCUT2D eigenvalue weighted by atomic mass is 16.5. The Hall–Kier alpha value is -3.72. The average Bonchev–Trinajstić information content (AvgIpc) is 2.75. The summed E-state index contributed by atoms with van der Waals surface area (Å²) >= 11 is 0. The molecule has 3 aromatic rings. The maximum absolute atomic E-state index is 12.8. The number of amides is 1. The Morgan fingerprint density at radius 1 is 1.14 bits per heavy atom. The van der Waals surface area contributed by atoms with Gasteiger partial charge in [0.1, 0.15) is 0 Å². The van der Waals surface area contributed by atoms with Gasteiger partial charge in [0, 0.05) is 24.5 Å². The lowest BCUT2D eigenvalue weighted by atomic mass is 10.0. The number of nitrogens with zero attached hydrogens (tertiary/aromatic N) is 3. The van der Waals surface area contributed by atoms with Crippen LogP contribution < -0.4 is 0 Å². The number of hydrogen-bond donors (Lipinski definition) is 0. The zero-order valence-corrected chi connectivity index (χ0v) is 16.4. The van der Waals surface area contributed by atoms with Gasteiger partial charge in [-0.25, -0.2) is 9.78 Å². The van der Waals surface area contributed by atoms with Gasteiger partial charge in [-0.1, -0.05) is 48.0 Å². The third-order valence-corrected chi connectivity index (χ3v) is 4.59. The zero-order chi connectivity index (χ0) is 20.8. The van der Waals surface area contributed by atoms with E-state index in [4.69, 9.17) is 10.00 Å². The van der Waals surface area contributed by atoms with Crippen molar-refractivity contribution >= 4 is 22.8 Å². The van der Waals surface area contributed by atoms with E-state index in [1.807, 2.05) is 55.5 Å². The maximum Gasteiger partial charge on any atom is 0.339 e. The van der Waals surface area contributed by atoms with Crippen molar-refractivity contribution in [2.45, 2.75) is 13.3 Å². The van der Waals surface area contributed by atoms with Crippen LogP contribution in [0.3, 0.4) is 0 Å². The fourth-order valence-electron chi connectivity index (χ4n) is 2.87. The van der Waals surface area contributed by atoms with Gasteiger partial charge >= 0.3 is 5.97 Å². The van der Waals surface area contributed by atoms with Crippen molar-refractivity contribution in [3.8, 4) is 17.3 Å². The third kappa shape index (κ3) is 4.77. The molecule has 6 heteroatoms. The molecule has 0 unspecified atom stereocenters. The lowest BCUT2D eigenvalue weighted by Gasteiger charge is -2.15. The Balaban J connectivity index is 1.87. The van der Waals surface area contributed by atoms with E-state index in [0.717, 1.165) is 11.1 Å². The molecular formula is C23H21N3O3. The minimum Gasteiger partial charge on any atom is -0.452 e. The van der Waals surface area contributed by atoms with Crippen LogP contribution in [0.15, 0.2) is 54.6 Å². The maximum atomic E-state index is 12.8. The van der Waals surface area contributed by atoms with Gasteiger partial charge in [0.2, 0.25) is 0 Å². The van der Waals surface area contributed by atoms with Gasteiger partial charge < -0.3 is 9.64 Å². The van der Waals surface area contributed by atoms with Gasteiger partial charge in [0.25, 0.3) is 5.91 Å². The van der Waals surface area contributed by atoms with Crippen molar-refractivity contribution in [1.82, 2.24) is 9.88 Å². The lowest BCUT2D eigenvalue weighted by Crippen LogP contribution is -2.32. The van der Waals surface area contributed by atoms with Gasteiger partial charge in [0.05, 0.1) is 29.3 Å². The minimum atomic E-state index is -0.584. The largest absolute Gasteiger partial charge is 0.452 e. The number of nitriles is 1. The van der Waals surface area contributed by atoms with E-state index in [2.05, 4.69) is 4.98 Å². The van der Waals surface area contributed by atoms with E-state index in [9.17, 15) is 9.59 Å². The number of pyridine rings is 1. The number of para-hydroxylation sites is 1. The summed E-state index contributed by atoms with van der Waals surface area (Å²) in [6, 6.07) is 18.9. The summed E-state index contributed by atoms with van der Waals surface area (Å²) < 4.78 is 5.27. The Labute approximate surface area is 169 Å². The molecular weight excluding hydrogens is 366 g/mol. The van der Waals surface area contributed by atoms with Crippen LogP contribution in [0.5, 0.6) is 0 Å². The van der Waals surface area contributed by atoms with Crippen LogP contribution in [0.4, 0.5) is 0 Å². The number of carbonyl (C=O) groups excluding carboxylic acids is 2. The fourth-order valence-corrected chi connectivity index (χ4v) is 2.87. The number of rotatable bonds is 6. The van der Waals surface area contributed by atoms with E-state index < -0.39 is 5.97 Å². The summed E-state index contributed by atoms with van der Waals surface area (Å²) in [5, 5.41) is 9.29. The molecule has 0 N–H and O–H groups in total. The molecule has 0 spiro atoms. The van der Waals surface area contributed by atoms with E-state index in [1.54, 1.807) is 19.2 Å². The van der Waals surface area contributed by atoms with Gasteiger partial charge in [-0.05, 0) is 19.1 Å². The predicted octanol–water partition coefficient (Wildman–Crippen LogP) is 3.74. The summed E-state index contributed by atoms with van der Waals surface area (Å²) in [5.74, 6) is -0.940. The van der Waals surface area contributed by atoms with Crippen LogP contribution in [0.2, 0.25) is 0 Å². The summed E-state index contributed by atoms with van der Waals surface area (Å²) in [5.41, 5.74) is 3.72. The molecule has 0 saturated heterocycles. The Kier molecular flexibility index (Phi) is 6.20. The van der Waals surface area contributed by atoms with E-state index >= 15 is 0 Å². The Bertz CT molecular complexity index is 1080. The van der Waals surface area contributed by atoms with Crippen LogP contribution in [-0.2, 0) is 9.53 Å². The number of fused-ring (bicyclic) bond motifs is 1. The number of hydrogen-bond acceptors (Lipinski definition) is 5. The first-order valence-electron chi connectivity index (χ1n) is 9.24. The molecule has 0 aliphatic rings. The summed E-state index contributed by atoms with van der Waals surface area (Å²) in [4.78, 5) is 30.9. The summed E-state index contributed by atoms with van der Waals surface area (Å²) in [6.07, 6.45) is 0.227.